The SMILES string of the molecule is O=S1(=O)CCC(C(CBr)(CBr)CC2CCCC2)C1. The van der Waals surface area contributed by atoms with E-state index in [1.165, 1.54) is 32.1 Å². The van der Waals surface area contributed by atoms with Gasteiger partial charge in [0.2, 0.25) is 0 Å². The van der Waals surface area contributed by atoms with E-state index in [-0.39, 0.29) is 5.41 Å². The van der Waals surface area contributed by atoms with Crippen molar-refractivity contribution in [2.45, 2.75) is 38.5 Å². The Morgan fingerprint density at radius 2 is 1.67 bits per heavy atom. The molecule has 1 aliphatic heterocycles. The van der Waals surface area contributed by atoms with E-state index < -0.39 is 9.84 Å². The van der Waals surface area contributed by atoms with Gasteiger partial charge in [0.15, 0.2) is 9.84 Å². The Bertz CT molecular complexity index is 370. The fraction of sp³-hybridized carbons (Fsp3) is 1.00. The molecule has 1 saturated carbocycles. The van der Waals surface area contributed by atoms with Crippen LogP contribution in [0.1, 0.15) is 38.5 Å². The Kier molecular flexibility index (Phi) is 5.21. The van der Waals surface area contributed by atoms with Crippen LogP contribution in [0.2, 0.25) is 0 Å². The summed E-state index contributed by atoms with van der Waals surface area (Å²) in [6.07, 6.45) is 7.42. The van der Waals surface area contributed by atoms with Gasteiger partial charge in [0, 0.05) is 10.7 Å². The van der Waals surface area contributed by atoms with Crippen molar-refractivity contribution < 1.29 is 8.42 Å². The van der Waals surface area contributed by atoms with Crippen LogP contribution in [0.4, 0.5) is 0 Å². The summed E-state index contributed by atoms with van der Waals surface area (Å²) >= 11 is 7.33. The number of hydrogen-bond donors (Lipinski definition) is 0. The molecule has 5 heteroatoms. The predicted octanol–water partition coefficient (Wildman–Crippen LogP) is 3.78. The van der Waals surface area contributed by atoms with Gasteiger partial charge in [0.25, 0.3) is 0 Å². The number of rotatable bonds is 5. The highest BCUT2D eigenvalue weighted by Crippen LogP contribution is 2.46. The van der Waals surface area contributed by atoms with Crippen molar-refractivity contribution in [3.05, 3.63) is 0 Å². The summed E-state index contributed by atoms with van der Waals surface area (Å²) in [4.78, 5) is 0. The highest BCUT2D eigenvalue weighted by molar-refractivity contribution is 9.09. The van der Waals surface area contributed by atoms with Crippen LogP contribution in [-0.4, -0.2) is 30.6 Å². The van der Waals surface area contributed by atoms with Crippen molar-refractivity contribution in [3.63, 3.8) is 0 Å². The predicted molar refractivity (Wildman–Crippen MR) is 83.4 cm³/mol. The first-order chi connectivity index (χ1) is 8.51. The highest BCUT2D eigenvalue weighted by Gasteiger charge is 2.44. The van der Waals surface area contributed by atoms with Gasteiger partial charge in [0.1, 0.15) is 0 Å². The molecule has 1 unspecified atom stereocenters. The summed E-state index contributed by atoms with van der Waals surface area (Å²) in [5.41, 5.74) is 0.137. The fourth-order valence-corrected chi connectivity index (χ4v) is 7.84. The first-order valence-corrected chi connectivity index (χ1v) is 10.9. The monoisotopic (exact) mass is 400 g/mol. The maximum absolute atomic E-state index is 11.7. The lowest BCUT2D eigenvalue weighted by Gasteiger charge is -2.38. The number of sulfone groups is 1. The highest BCUT2D eigenvalue weighted by atomic mass is 79.9. The summed E-state index contributed by atoms with van der Waals surface area (Å²) < 4.78 is 23.5. The van der Waals surface area contributed by atoms with Crippen LogP contribution in [-0.2, 0) is 9.84 Å². The second-order valence-electron chi connectivity index (χ2n) is 6.08. The molecule has 106 valence electrons. The summed E-state index contributed by atoms with van der Waals surface area (Å²) in [6, 6.07) is 0. The molecule has 18 heavy (non-hydrogen) atoms. The maximum Gasteiger partial charge on any atom is 0.150 e. The summed E-state index contributed by atoms with van der Waals surface area (Å²) in [6.45, 7) is 0. The normalized spacial score (nSPS) is 28.9. The van der Waals surface area contributed by atoms with Gasteiger partial charge < -0.3 is 0 Å². The smallest absolute Gasteiger partial charge is 0.150 e. The Balaban J connectivity index is 2.10. The van der Waals surface area contributed by atoms with E-state index in [1.54, 1.807) is 0 Å². The molecule has 1 atom stereocenters. The molecule has 0 spiro atoms. The third kappa shape index (κ3) is 3.32. The van der Waals surface area contributed by atoms with Gasteiger partial charge in [-0.2, -0.15) is 0 Å². The van der Waals surface area contributed by atoms with Crippen LogP contribution >= 0.6 is 31.9 Å². The lowest BCUT2D eigenvalue weighted by molar-refractivity contribution is 0.195. The van der Waals surface area contributed by atoms with Crippen molar-refractivity contribution in [1.82, 2.24) is 0 Å². The lowest BCUT2D eigenvalue weighted by atomic mass is 9.72. The van der Waals surface area contributed by atoms with Crippen LogP contribution in [0.15, 0.2) is 0 Å². The molecule has 2 aliphatic rings. The van der Waals surface area contributed by atoms with Gasteiger partial charge in [-0.25, -0.2) is 8.42 Å². The van der Waals surface area contributed by atoms with Crippen LogP contribution in [0.5, 0.6) is 0 Å². The molecule has 1 aliphatic carbocycles. The Hall–Kier alpha value is 0.910. The molecule has 0 radical (unpaired) electrons. The number of hydrogen-bond acceptors (Lipinski definition) is 2. The fourth-order valence-electron chi connectivity index (χ4n) is 3.60. The molecule has 0 amide bonds. The number of halogens is 2. The van der Waals surface area contributed by atoms with E-state index in [1.807, 2.05) is 0 Å². The van der Waals surface area contributed by atoms with Crippen molar-refractivity contribution in [2.24, 2.45) is 17.3 Å². The van der Waals surface area contributed by atoms with Crippen LogP contribution in [0, 0.1) is 17.3 Å². The molecule has 2 nitrogen and oxygen atoms in total. The minimum atomic E-state index is -2.77. The molecule has 0 aromatic carbocycles. The quantitative estimate of drug-likeness (QED) is 0.657. The minimum absolute atomic E-state index is 0.137. The van der Waals surface area contributed by atoms with Crippen LogP contribution in [0.25, 0.3) is 0 Å². The van der Waals surface area contributed by atoms with E-state index in [4.69, 9.17) is 0 Å². The zero-order chi connectivity index (χ0) is 13.2. The average Bonchev–Trinajstić information content (AvgIpc) is 2.95. The Morgan fingerprint density at radius 3 is 2.11 bits per heavy atom. The summed E-state index contributed by atoms with van der Waals surface area (Å²) in [7, 11) is -2.77. The first-order valence-electron chi connectivity index (χ1n) is 6.84. The van der Waals surface area contributed by atoms with E-state index in [0.29, 0.717) is 17.4 Å². The summed E-state index contributed by atoms with van der Waals surface area (Å²) in [5, 5.41) is 1.84. The third-order valence-electron chi connectivity index (χ3n) is 4.80. The molecule has 0 aromatic rings. The van der Waals surface area contributed by atoms with Crippen molar-refractivity contribution in [1.29, 1.82) is 0 Å². The van der Waals surface area contributed by atoms with Crippen molar-refractivity contribution >= 4 is 41.7 Å². The molecule has 0 bridgehead atoms. The van der Waals surface area contributed by atoms with Crippen molar-refractivity contribution in [3.8, 4) is 0 Å². The molecule has 1 heterocycles. The zero-order valence-electron chi connectivity index (χ0n) is 10.7. The van der Waals surface area contributed by atoms with E-state index in [0.717, 1.165) is 23.0 Å². The van der Waals surface area contributed by atoms with E-state index >= 15 is 0 Å². The standard InChI is InChI=1S/C13H22Br2O2S/c14-9-13(10-15,7-11-3-1-2-4-11)12-5-6-18(16,17)8-12/h11-12H,1-10H2. The van der Waals surface area contributed by atoms with Gasteiger partial charge in [-0.05, 0) is 30.1 Å². The maximum atomic E-state index is 11.7. The van der Waals surface area contributed by atoms with Gasteiger partial charge in [-0.3, -0.25) is 0 Å². The molecule has 2 rings (SSSR count). The average molecular weight is 402 g/mol. The van der Waals surface area contributed by atoms with Crippen molar-refractivity contribution in [2.75, 3.05) is 22.2 Å². The second kappa shape index (κ2) is 6.13. The van der Waals surface area contributed by atoms with Crippen LogP contribution < -0.4 is 0 Å². The van der Waals surface area contributed by atoms with Gasteiger partial charge in [0.05, 0.1) is 11.5 Å². The van der Waals surface area contributed by atoms with Gasteiger partial charge in [-0.1, -0.05) is 57.5 Å². The molecule has 0 aromatic heterocycles. The molecule has 2 fully saturated rings. The molecule has 0 N–H and O–H groups in total. The minimum Gasteiger partial charge on any atom is -0.229 e. The van der Waals surface area contributed by atoms with E-state index in [9.17, 15) is 8.42 Å². The molecule has 1 saturated heterocycles. The first kappa shape index (κ1) is 15.3. The molecular weight excluding hydrogens is 380 g/mol. The van der Waals surface area contributed by atoms with Crippen LogP contribution in [0.3, 0.4) is 0 Å². The van der Waals surface area contributed by atoms with E-state index in [2.05, 4.69) is 31.9 Å². The Labute approximate surface area is 127 Å². The lowest BCUT2D eigenvalue weighted by Crippen LogP contribution is -2.37. The largest absolute Gasteiger partial charge is 0.229 e. The van der Waals surface area contributed by atoms with Gasteiger partial charge >= 0.3 is 0 Å². The van der Waals surface area contributed by atoms with Gasteiger partial charge in [-0.15, -0.1) is 0 Å². The summed E-state index contributed by atoms with van der Waals surface area (Å²) in [5.74, 6) is 1.94. The Morgan fingerprint density at radius 1 is 1.06 bits per heavy atom. The molecular formula is C13H22Br2O2S. The number of alkyl halides is 2. The third-order valence-corrected chi connectivity index (χ3v) is 8.80. The topological polar surface area (TPSA) is 34.1 Å². The second-order valence-corrected chi connectivity index (χ2v) is 9.43. The zero-order valence-corrected chi connectivity index (χ0v) is 14.7.